The summed E-state index contributed by atoms with van der Waals surface area (Å²) in [5, 5.41) is 17.1. The Balaban J connectivity index is 1.99. The van der Waals surface area contributed by atoms with Gasteiger partial charge in [-0.25, -0.2) is 0 Å². The summed E-state index contributed by atoms with van der Waals surface area (Å²) in [4.78, 5) is 0. The van der Waals surface area contributed by atoms with E-state index in [1.54, 1.807) is 10.9 Å². The van der Waals surface area contributed by atoms with Crippen LogP contribution in [0.5, 0.6) is 0 Å². The Kier molecular flexibility index (Phi) is 2.28. The van der Waals surface area contributed by atoms with Crippen LogP contribution in [0.25, 0.3) is 0 Å². The number of aliphatic hydroxyl groups is 1. The van der Waals surface area contributed by atoms with Crippen molar-refractivity contribution in [3.63, 3.8) is 0 Å². The lowest BCUT2D eigenvalue weighted by Gasteiger charge is -2.00. The first-order valence-corrected chi connectivity index (χ1v) is 4.57. The molecule has 1 aromatic rings. The molecule has 72 valence electrons. The second kappa shape index (κ2) is 3.43. The van der Waals surface area contributed by atoms with Crippen molar-refractivity contribution in [1.82, 2.24) is 15.0 Å². The monoisotopic (exact) mass is 182 g/mol. The zero-order chi connectivity index (χ0) is 9.26. The highest BCUT2D eigenvalue weighted by Crippen LogP contribution is 2.30. The van der Waals surface area contributed by atoms with Crippen LogP contribution in [0, 0.1) is 5.92 Å². The van der Waals surface area contributed by atoms with E-state index in [2.05, 4.69) is 10.3 Å². The van der Waals surface area contributed by atoms with Gasteiger partial charge < -0.3 is 10.8 Å². The van der Waals surface area contributed by atoms with E-state index in [1.807, 2.05) is 0 Å². The third kappa shape index (κ3) is 2.05. The predicted molar refractivity (Wildman–Crippen MR) is 46.8 cm³/mol. The van der Waals surface area contributed by atoms with Crippen molar-refractivity contribution in [3.05, 3.63) is 11.9 Å². The molecule has 1 aliphatic carbocycles. The standard InChI is InChI=1S/C8H14N4O/c9-3-8(13)7-5-12(11-10-7)4-6-1-2-6/h5-6,8,13H,1-4,9H2/t8-/m1/s1. The van der Waals surface area contributed by atoms with Gasteiger partial charge in [0.25, 0.3) is 0 Å². The summed E-state index contributed by atoms with van der Waals surface area (Å²) in [6.45, 7) is 1.12. The first-order chi connectivity index (χ1) is 6.29. The molecular formula is C8H14N4O. The fraction of sp³-hybridized carbons (Fsp3) is 0.750. The second-order valence-corrected chi connectivity index (χ2v) is 3.56. The molecule has 0 bridgehead atoms. The highest BCUT2D eigenvalue weighted by molar-refractivity contribution is 4.97. The molecule has 1 aromatic heterocycles. The van der Waals surface area contributed by atoms with E-state index >= 15 is 0 Å². The maximum absolute atomic E-state index is 9.35. The zero-order valence-electron chi connectivity index (χ0n) is 7.43. The molecule has 5 heteroatoms. The van der Waals surface area contributed by atoms with Crippen LogP contribution in [0.1, 0.15) is 24.6 Å². The van der Waals surface area contributed by atoms with Gasteiger partial charge in [0.05, 0.1) is 6.20 Å². The lowest BCUT2D eigenvalue weighted by Crippen LogP contribution is -2.11. The maximum atomic E-state index is 9.35. The summed E-state index contributed by atoms with van der Waals surface area (Å²) in [5.41, 5.74) is 5.87. The molecule has 1 atom stereocenters. The van der Waals surface area contributed by atoms with E-state index in [1.165, 1.54) is 12.8 Å². The second-order valence-electron chi connectivity index (χ2n) is 3.56. The molecule has 0 spiro atoms. The molecule has 13 heavy (non-hydrogen) atoms. The van der Waals surface area contributed by atoms with Crippen molar-refractivity contribution in [3.8, 4) is 0 Å². The quantitative estimate of drug-likeness (QED) is 0.669. The maximum Gasteiger partial charge on any atom is 0.112 e. The number of rotatable bonds is 4. The molecule has 0 aromatic carbocycles. The molecule has 5 nitrogen and oxygen atoms in total. The summed E-state index contributed by atoms with van der Waals surface area (Å²) in [6, 6.07) is 0. The van der Waals surface area contributed by atoms with Crippen molar-refractivity contribution in [2.75, 3.05) is 6.54 Å². The Hall–Kier alpha value is -0.940. The van der Waals surface area contributed by atoms with E-state index in [0.717, 1.165) is 12.5 Å². The van der Waals surface area contributed by atoms with Gasteiger partial charge in [0.15, 0.2) is 0 Å². The smallest absolute Gasteiger partial charge is 0.112 e. The molecule has 0 saturated heterocycles. The van der Waals surface area contributed by atoms with Crippen molar-refractivity contribution in [2.24, 2.45) is 11.7 Å². The fourth-order valence-electron chi connectivity index (χ4n) is 1.24. The van der Waals surface area contributed by atoms with Gasteiger partial charge in [-0.1, -0.05) is 5.21 Å². The Labute approximate surface area is 76.5 Å². The fourth-order valence-corrected chi connectivity index (χ4v) is 1.24. The highest BCUT2D eigenvalue weighted by atomic mass is 16.3. The van der Waals surface area contributed by atoms with Gasteiger partial charge in [-0.3, -0.25) is 4.68 Å². The Morgan fingerprint density at radius 2 is 2.46 bits per heavy atom. The minimum Gasteiger partial charge on any atom is -0.385 e. The number of nitrogens with zero attached hydrogens (tertiary/aromatic N) is 3. The van der Waals surface area contributed by atoms with Gasteiger partial charge >= 0.3 is 0 Å². The zero-order valence-corrected chi connectivity index (χ0v) is 7.43. The minimum atomic E-state index is -0.673. The molecular weight excluding hydrogens is 168 g/mol. The lowest BCUT2D eigenvalue weighted by molar-refractivity contribution is 0.181. The third-order valence-corrected chi connectivity index (χ3v) is 2.26. The van der Waals surface area contributed by atoms with Gasteiger partial charge in [0, 0.05) is 13.1 Å². The van der Waals surface area contributed by atoms with E-state index in [-0.39, 0.29) is 6.54 Å². The van der Waals surface area contributed by atoms with Gasteiger partial charge in [-0.2, -0.15) is 0 Å². The number of aromatic nitrogens is 3. The summed E-state index contributed by atoms with van der Waals surface area (Å²) < 4.78 is 1.78. The molecule has 0 aliphatic heterocycles. The van der Waals surface area contributed by atoms with Crippen LogP contribution in [0.3, 0.4) is 0 Å². The molecule has 0 amide bonds. The summed E-state index contributed by atoms with van der Waals surface area (Å²) in [6.07, 6.45) is 3.67. The molecule has 1 heterocycles. The number of hydrogen-bond acceptors (Lipinski definition) is 4. The Bertz CT molecular complexity index is 281. The Morgan fingerprint density at radius 3 is 3.08 bits per heavy atom. The van der Waals surface area contributed by atoms with Crippen LogP contribution >= 0.6 is 0 Å². The first kappa shape index (κ1) is 8.65. The van der Waals surface area contributed by atoms with Crippen molar-refractivity contribution >= 4 is 0 Å². The summed E-state index contributed by atoms with van der Waals surface area (Å²) in [7, 11) is 0. The molecule has 3 N–H and O–H groups in total. The topological polar surface area (TPSA) is 77.0 Å². The molecule has 0 unspecified atom stereocenters. The summed E-state index contributed by atoms with van der Waals surface area (Å²) in [5.74, 6) is 0.768. The lowest BCUT2D eigenvalue weighted by atomic mass is 10.3. The van der Waals surface area contributed by atoms with Gasteiger partial charge in [0.1, 0.15) is 11.8 Å². The molecule has 0 radical (unpaired) electrons. The van der Waals surface area contributed by atoms with E-state index in [9.17, 15) is 5.11 Å². The van der Waals surface area contributed by atoms with Crippen LogP contribution in [-0.4, -0.2) is 26.6 Å². The molecule has 1 saturated carbocycles. The van der Waals surface area contributed by atoms with Crippen LogP contribution < -0.4 is 5.73 Å². The Morgan fingerprint density at radius 1 is 1.69 bits per heavy atom. The van der Waals surface area contributed by atoms with Crippen molar-refractivity contribution in [1.29, 1.82) is 0 Å². The molecule has 1 fully saturated rings. The van der Waals surface area contributed by atoms with Crippen LogP contribution in [0.4, 0.5) is 0 Å². The largest absolute Gasteiger partial charge is 0.385 e. The van der Waals surface area contributed by atoms with Crippen LogP contribution in [0.15, 0.2) is 6.20 Å². The third-order valence-electron chi connectivity index (χ3n) is 2.26. The van der Waals surface area contributed by atoms with Gasteiger partial charge in [0.2, 0.25) is 0 Å². The average molecular weight is 182 g/mol. The van der Waals surface area contributed by atoms with Gasteiger partial charge in [-0.15, -0.1) is 5.10 Å². The number of aliphatic hydroxyl groups excluding tert-OH is 1. The average Bonchev–Trinajstić information content (AvgIpc) is 2.81. The van der Waals surface area contributed by atoms with Crippen molar-refractivity contribution in [2.45, 2.75) is 25.5 Å². The minimum absolute atomic E-state index is 0.197. The molecule has 1 aliphatic rings. The van der Waals surface area contributed by atoms with E-state index in [4.69, 9.17) is 5.73 Å². The first-order valence-electron chi connectivity index (χ1n) is 4.57. The van der Waals surface area contributed by atoms with Crippen LogP contribution in [0.2, 0.25) is 0 Å². The molecule has 2 rings (SSSR count). The predicted octanol–water partition coefficient (Wildman–Crippen LogP) is -0.320. The normalized spacial score (nSPS) is 18.9. The SMILES string of the molecule is NC[C@@H](O)c1cn(CC2CC2)nn1. The van der Waals surface area contributed by atoms with Crippen molar-refractivity contribution < 1.29 is 5.11 Å². The van der Waals surface area contributed by atoms with E-state index < -0.39 is 6.10 Å². The van der Waals surface area contributed by atoms with Gasteiger partial charge in [-0.05, 0) is 18.8 Å². The van der Waals surface area contributed by atoms with E-state index in [0.29, 0.717) is 5.69 Å². The highest BCUT2D eigenvalue weighted by Gasteiger charge is 2.22. The van der Waals surface area contributed by atoms with Crippen LogP contribution in [-0.2, 0) is 6.54 Å². The number of hydrogen-bond donors (Lipinski definition) is 2. The number of nitrogens with two attached hydrogens (primary N) is 1. The summed E-state index contributed by atoms with van der Waals surface area (Å²) >= 11 is 0.